The summed E-state index contributed by atoms with van der Waals surface area (Å²) in [4.78, 5) is 5.09. The van der Waals surface area contributed by atoms with E-state index >= 15 is 0 Å². The number of rotatable bonds is 6. The Labute approximate surface area is 280 Å². The van der Waals surface area contributed by atoms with Gasteiger partial charge in [-0.2, -0.15) is 5.26 Å². The van der Waals surface area contributed by atoms with Crippen molar-refractivity contribution in [3.63, 3.8) is 0 Å². The van der Waals surface area contributed by atoms with E-state index in [-0.39, 0.29) is 5.41 Å². The topological polar surface area (TPSA) is 67.1 Å². The van der Waals surface area contributed by atoms with Gasteiger partial charge in [0.1, 0.15) is 0 Å². The van der Waals surface area contributed by atoms with E-state index in [1.165, 1.54) is 44.1 Å². The monoisotopic (exact) mass is 618 g/mol. The minimum absolute atomic E-state index is 0.0614. The normalized spacial score (nSPS) is 13.8. The third-order valence-electron chi connectivity index (χ3n) is 9.67. The summed E-state index contributed by atoms with van der Waals surface area (Å²) >= 11 is 0. The molecule has 4 heteroatoms. The van der Waals surface area contributed by atoms with Gasteiger partial charge in [-0.1, -0.05) is 117 Å². The van der Waals surface area contributed by atoms with E-state index in [4.69, 9.17) is 10.7 Å². The van der Waals surface area contributed by atoms with E-state index in [0.29, 0.717) is 17.8 Å². The highest BCUT2D eigenvalue weighted by atomic mass is 15.0. The number of allylic oxidation sites excluding steroid dienone is 1. The van der Waals surface area contributed by atoms with Crippen LogP contribution in [0.5, 0.6) is 0 Å². The number of para-hydroxylation sites is 1. The van der Waals surface area contributed by atoms with Gasteiger partial charge in [-0.3, -0.25) is 4.99 Å². The lowest BCUT2D eigenvalue weighted by molar-refractivity contribution is 0.661. The molecular formula is C44H34N4. The quantitative estimate of drug-likeness (QED) is 0.189. The first-order chi connectivity index (χ1) is 23.4. The smallest absolute Gasteiger partial charge is 0.0991 e. The molecule has 7 aromatic rings. The Hall–Kier alpha value is -6.18. The molecule has 1 aromatic heterocycles. The van der Waals surface area contributed by atoms with Crippen molar-refractivity contribution in [1.82, 2.24) is 4.57 Å². The number of nitriles is 1. The average Bonchev–Trinajstić information content (AvgIpc) is 3.59. The second kappa shape index (κ2) is 11.6. The van der Waals surface area contributed by atoms with Crippen molar-refractivity contribution >= 4 is 33.2 Å². The molecule has 0 fully saturated rings. The summed E-state index contributed by atoms with van der Waals surface area (Å²) in [7, 11) is 0. The molecule has 8 rings (SSSR count). The largest absolute Gasteiger partial charge is 0.398 e. The predicted octanol–water partition coefficient (Wildman–Crippen LogP) is 9.95. The van der Waals surface area contributed by atoms with Crippen LogP contribution in [-0.4, -0.2) is 10.3 Å². The molecule has 0 unspecified atom stereocenters. The van der Waals surface area contributed by atoms with Gasteiger partial charge in [-0.05, 0) is 81.4 Å². The number of fused-ring (bicyclic) bond motifs is 7. The van der Waals surface area contributed by atoms with Gasteiger partial charge in [0.2, 0.25) is 0 Å². The van der Waals surface area contributed by atoms with Crippen LogP contribution >= 0.6 is 0 Å². The van der Waals surface area contributed by atoms with Gasteiger partial charge in [0, 0.05) is 27.6 Å². The summed E-state index contributed by atoms with van der Waals surface area (Å²) in [6.07, 6.45) is 1.91. The first-order valence-electron chi connectivity index (χ1n) is 16.3. The minimum atomic E-state index is -0.0614. The molecule has 230 valence electrons. The van der Waals surface area contributed by atoms with Crippen molar-refractivity contribution < 1.29 is 0 Å². The zero-order chi connectivity index (χ0) is 32.8. The van der Waals surface area contributed by atoms with Crippen LogP contribution in [0.2, 0.25) is 0 Å². The van der Waals surface area contributed by atoms with Gasteiger partial charge >= 0.3 is 0 Å². The third kappa shape index (κ3) is 4.80. The molecule has 0 atom stereocenters. The average molecular weight is 619 g/mol. The van der Waals surface area contributed by atoms with Gasteiger partial charge in [0.05, 0.1) is 34.9 Å². The van der Waals surface area contributed by atoms with Crippen LogP contribution in [0.25, 0.3) is 44.3 Å². The second-order valence-corrected chi connectivity index (χ2v) is 12.9. The van der Waals surface area contributed by atoms with Crippen LogP contribution in [0.4, 0.5) is 0 Å². The summed E-state index contributed by atoms with van der Waals surface area (Å²) in [5, 5.41) is 11.9. The summed E-state index contributed by atoms with van der Waals surface area (Å²) < 4.78 is 2.39. The van der Waals surface area contributed by atoms with E-state index in [1.54, 1.807) is 12.1 Å². The molecule has 0 saturated heterocycles. The van der Waals surface area contributed by atoms with E-state index in [0.717, 1.165) is 28.1 Å². The molecule has 0 amide bonds. The van der Waals surface area contributed by atoms with Crippen molar-refractivity contribution in [1.29, 1.82) is 5.26 Å². The zero-order valence-electron chi connectivity index (χ0n) is 27.0. The van der Waals surface area contributed by atoms with Crippen molar-refractivity contribution in [2.24, 2.45) is 10.7 Å². The molecule has 4 nitrogen and oxygen atoms in total. The molecular weight excluding hydrogens is 585 g/mol. The van der Waals surface area contributed by atoms with Crippen LogP contribution in [0.15, 0.2) is 151 Å². The minimum Gasteiger partial charge on any atom is -0.398 e. The summed E-state index contributed by atoms with van der Waals surface area (Å²) in [5.41, 5.74) is 20.2. The number of benzene rings is 6. The number of nitrogens with zero attached hydrogens (tertiary/aromatic N) is 3. The first kappa shape index (κ1) is 29.2. The standard InChI is InChI=1S/C44H34N4/c1-44(2)36-20-8-6-18-34(36)42-37(44)22-23-41-43(42)35-19-7-9-21-40(35)48(41)33-17-11-13-30(25-33)28-47-39(31-14-4-3-5-15-31)26-38(46)32-16-10-12-29(24-32)27-45/h3-26H,28,46H2,1-2H3. The fraction of sp³-hybridized carbons (Fsp3) is 0.0909. The molecule has 0 saturated carbocycles. The molecule has 0 aliphatic heterocycles. The molecule has 1 aliphatic rings. The van der Waals surface area contributed by atoms with Crippen molar-refractivity contribution in [2.45, 2.75) is 25.8 Å². The van der Waals surface area contributed by atoms with Crippen LogP contribution in [0.1, 0.15) is 47.2 Å². The summed E-state index contributed by atoms with van der Waals surface area (Å²) in [6, 6.07) is 50.5. The maximum Gasteiger partial charge on any atom is 0.0991 e. The van der Waals surface area contributed by atoms with Gasteiger partial charge in [0.15, 0.2) is 0 Å². The van der Waals surface area contributed by atoms with Crippen LogP contribution in [0.3, 0.4) is 0 Å². The Morgan fingerprint density at radius 1 is 0.750 bits per heavy atom. The molecule has 0 bridgehead atoms. The van der Waals surface area contributed by atoms with Crippen LogP contribution in [-0.2, 0) is 12.0 Å². The van der Waals surface area contributed by atoms with E-state index in [1.807, 2.05) is 48.5 Å². The third-order valence-corrected chi connectivity index (χ3v) is 9.67. The number of hydrogen-bond donors (Lipinski definition) is 1. The molecule has 1 heterocycles. The number of aromatic nitrogens is 1. The number of hydrogen-bond acceptors (Lipinski definition) is 3. The molecule has 48 heavy (non-hydrogen) atoms. The molecule has 6 aromatic carbocycles. The van der Waals surface area contributed by atoms with E-state index < -0.39 is 0 Å². The predicted molar refractivity (Wildman–Crippen MR) is 198 cm³/mol. The van der Waals surface area contributed by atoms with Crippen LogP contribution in [0, 0.1) is 11.3 Å². The van der Waals surface area contributed by atoms with E-state index in [2.05, 4.69) is 109 Å². The summed E-state index contributed by atoms with van der Waals surface area (Å²) in [6.45, 7) is 5.15. The Morgan fingerprint density at radius 3 is 2.35 bits per heavy atom. The van der Waals surface area contributed by atoms with Crippen LogP contribution < -0.4 is 5.73 Å². The van der Waals surface area contributed by atoms with Crippen molar-refractivity contribution in [2.75, 3.05) is 0 Å². The highest BCUT2D eigenvalue weighted by molar-refractivity contribution is 6.18. The zero-order valence-corrected chi connectivity index (χ0v) is 27.0. The van der Waals surface area contributed by atoms with Crippen molar-refractivity contribution in [3.05, 3.63) is 179 Å². The lowest BCUT2D eigenvalue weighted by Crippen LogP contribution is -2.14. The molecule has 0 spiro atoms. The van der Waals surface area contributed by atoms with Crippen molar-refractivity contribution in [3.8, 4) is 22.9 Å². The van der Waals surface area contributed by atoms with Gasteiger partial charge in [0.25, 0.3) is 0 Å². The molecule has 0 radical (unpaired) electrons. The number of nitrogens with two attached hydrogens (primary N) is 1. The van der Waals surface area contributed by atoms with Gasteiger partial charge < -0.3 is 10.3 Å². The number of aliphatic imine (C=N–C) groups is 1. The van der Waals surface area contributed by atoms with Gasteiger partial charge in [-0.25, -0.2) is 0 Å². The summed E-state index contributed by atoms with van der Waals surface area (Å²) in [5.74, 6) is 0. The fourth-order valence-electron chi connectivity index (χ4n) is 7.33. The molecule has 1 aliphatic carbocycles. The maximum atomic E-state index is 9.39. The highest BCUT2D eigenvalue weighted by Crippen LogP contribution is 2.53. The Morgan fingerprint density at radius 2 is 1.50 bits per heavy atom. The maximum absolute atomic E-state index is 9.39. The highest BCUT2D eigenvalue weighted by Gasteiger charge is 2.37. The lowest BCUT2D eigenvalue weighted by Gasteiger charge is -2.21. The Bertz CT molecular complexity index is 2470. The van der Waals surface area contributed by atoms with Gasteiger partial charge in [-0.15, -0.1) is 0 Å². The Kier molecular flexibility index (Phi) is 7.04. The lowest BCUT2D eigenvalue weighted by atomic mass is 9.82. The fourth-order valence-corrected chi connectivity index (χ4v) is 7.33. The first-order valence-corrected chi connectivity index (χ1v) is 16.3. The van der Waals surface area contributed by atoms with E-state index in [9.17, 15) is 5.26 Å². The SMILES string of the molecule is CC1(C)c2ccccc2-c2c1ccc1c2c2ccccc2n1-c1cccc(CN=C(C=C(N)c2cccc(C#N)c2)c2ccccc2)c1. The Balaban J connectivity index is 1.24. The molecule has 2 N–H and O–H groups in total. The second-order valence-electron chi connectivity index (χ2n) is 12.9.